The summed E-state index contributed by atoms with van der Waals surface area (Å²) in [5, 5.41) is 0.851. The van der Waals surface area contributed by atoms with Gasteiger partial charge in [-0.15, -0.1) is 0 Å². The largest absolute Gasteiger partial charge is 0.482 e. The number of H-pyrrole nitrogens is 1. The minimum atomic E-state index is -0.875. The lowest BCUT2D eigenvalue weighted by atomic mass is 10.2. The van der Waals surface area contributed by atoms with E-state index in [4.69, 9.17) is 15.2 Å². The zero-order valence-electron chi connectivity index (χ0n) is 10.6. The van der Waals surface area contributed by atoms with Gasteiger partial charge in [0.1, 0.15) is 5.60 Å². The van der Waals surface area contributed by atoms with Crippen molar-refractivity contribution in [2.75, 3.05) is 0 Å². The highest BCUT2D eigenvalue weighted by atomic mass is 16.6. The number of nitrogens with two attached hydrogens (primary N) is 1. The number of carbonyl (C=O) groups excluding carboxylic acids is 1. The Hall–Kier alpha value is -2.17. The zero-order valence-corrected chi connectivity index (χ0v) is 10.6. The molecule has 1 amide bonds. The minimum Gasteiger partial charge on any atom is -0.482 e. The van der Waals surface area contributed by atoms with E-state index < -0.39 is 11.7 Å². The highest BCUT2D eigenvalue weighted by Gasteiger charge is 2.21. The molecule has 0 aliphatic rings. The monoisotopic (exact) mass is 248 g/mol. The third kappa shape index (κ3) is 2.56. The molecule has 18 heavy (non-hydrogen) atoms. The van der Waals surface area contributed by atoms with Crippen LogP contribution in [-0.2, 0) is 0 Å². The maximum absolute atomic E-state index is 10.9. The molecule has 0 radical (unpaired) electrons. The molecule has 1 aromatic carbocycles. The first-order valence-electron chi connectivity index (χ1n) is 5.64. The van der Waals surface area contributed by atoms with Crippen molar-refractivity contribution in [2.24, 2.45) is 5.73 Å². The molecule has 0 unspecified atom stereocenters. The van der Waals surface area contributed by atoms with Crippen molar-refractivity contribution < 1.29 is 14.3 Å². The Morgan fingerprint density at radius 1 is 1.28 bits per heavy atom. The summed E-state index contributed by atoms with van der Waals surface area (Å²) >= 11 is 0. The first-order chi connectivity index (χ1) is 8.37. The van der Waals surface area contributed by atoms with Crippen molar-refractivity contribution in [1.82, 2.24) is 4.98 Å². The van der Waals surface area contributed by atoms with Gasteiger partial charge in [-0.1, -0.05) is 12.1 Å². The van der Waals surface area contributed by atoms with Crippen LogP contribution in [0.25, 0.3) is 10.9 Å². The first kappa shape index (κ1) is 12.3. The molecule has 0 aliphatic heterocycles. The summed E-state index contributed by atoms with van der Waals surface area (Å²) in [6, 6.07) is 7.53. The van der Waals surface area contributed by atoms with Crippen LogP contribution in [0, 0.1) is 0 Å². The Bertz CT molecular complexity index is 581. The molecule has 0 atom stereocenters. The van der Waals surface area contributed by atoms with E-state index in [0.29, 0.717) is 5.75 Å². The van der Waals surface area contributed by atoms with Gasteiger partial charge in [-0.25, -0.2) is 4.79 Å². The van der Waals surface area contributed by atoms with E-state index in [9.17, 15) is 4.79 Å². The molecule has 0 saturated carbocycles. The number of nitrogens with one attached hydrogen (secondary N) is 1. The number of hydrogen-bond donors (Lipinski definition) is 2. The number of primary amides is 1. The zero-order chi connectivity index (χ0) is 13.3. The van der Waals surface area contributed by atoms with Crippen molar-refractivity contribution in [1.29, 1.82) is 0 Å². The molecule has 0 spiro atoms. The number of fused-ring (bicyclic) bond motifs is 1. The van der Waals surface area contributed by atoms with Crippen LogP contribution in [-0.4, -0.2) is 16.7 Å². The van der Waals surface area contributed by atoms with Gasteiger partial charge in [-0.3, -0.25) is 0 Å². The number of amides is 1. The second-order valence-electron chi connectivity index (χ2n) is 4.96. The number of benzene rings is 1. The minimum absolute atomic E-state index is 0.235. The second kappa shape index (κ2) is 4.25. The van der Waals surface area contributed by atoms with Gasteiger partial charge in [0.15, 0.2) is 5.75 Å². The van der Waals surface area contributed by atoms with E-state index >= 15 is 0 Å². The van der Waals surface area contributed by atoms with Gasteiger partial charge in [0.25, 0.3) is 0 Å². The fraction of sp³-hybridized carbons (Fsp3) is 0.308. The summed E-state index contributed by atoms with van der Waals surface area (Å²) in [6.45, 7) is 5.76. The van der Waals surface area contributed by atoms with Gasteiger partial charge in [0, 0.05) is 5.39 Å². The topological polar surface area (TPSA) is 77.3 Å². The number of ether oxygens (including phenoxy) is 2. The molecule has 96 valence electrons. The summed E-state index contributed by atoms with van der Waals surface area (Å²) in [5.41, 5.74) is 5.47. The third-order valence-corrected chi connectivity index (χ3v) is 2.24. The fourth-order valence-corrected chi connectivity index (χ4v) is 1.67. The quantitative estimate of drug-likeness (QED) is 0.857. The van der Waals surface area contributed by atoms with Crippen molar-refractivity contribution in [3.63, 3.8) is 0 Å². The number of hydrogen-bond acceptors (Lipinski definition) is 3. The van der Waals surface area contributed by atoms with Gasteiger partial charge >= 0.3 is 6.09 Å². The van der Waals surface area contributed by atoms with Crippen LogP contribution in [0.3, 0.4) is 0 Å². The Morgan fingerprint density at radius 2 is 1.94 bits per heavy atom. The van der Waals surface area contributed by atoms with Crippen molar-refractivity contribution in [3.8, 4) is 11.6 Å². The van der Waals surface area contributed by atoms with Crippen LogP contribution in [0.4, 0.5) is 4.79 Å². The number of aromatic nitrogens is 1. The summed E-state index contributed by atoms with van der Waals surface area (Å²) in [7, 11) is 0. The van der Waals surface area contributed by atoms with Crippen LogP contribution in [0.2, 0.25) is 0 Å². The van der Waals surface area contributed by atoms with Gasteiger partial charge in [0.2, 0.25) is 5.88 Å². The fourth-order valence-electron chi connectivity index (χ4n) is 1.67. The molecule has 1 aromatic heterocycles. The molecule has 2 aromatic rings. The Labute approximate surface area is 105 Å². The SMILES string of the molecule is CC(C)(C)Oc1c(OC(N)=O)[nH]c2ccccc12. The van der Waals surface area contributed by atoms with Crippen LogP contribution < -0.4 is 15.2 Å². The van der Waals surface area contributed by atoms with Gasteiger partial charge in [0.05, 0.1) is 5.52 Å². The average molecular weight is 248 g/mol. The highest BCUT2D eigenvalue weighted by molar-refractivity contribution is 5.90. The molecule has 0 aliphatic carbocycles. The van der Waals surface area contributed by atoms with Crippen molar-refractivity contribution in [2.45, 2.75) is 26.4 Å². The molecule has 5 heteroatoms. The molecule has 5 nitrogen and oxygen atoms in total. The third-order valence-electron chi connectivity index (χ3n) is 2.24. The molecular formula is C13H16N2O3. The normalized spacial score (nSPS) is 11.5. The van der Waals surface area contributed by atoms with Crippen LogP contribution in [0.5, 0.6) is 11.6 Å². The van der Waals surface area contributed by atoms with Crippen molar-refractivity contribution in [3.05, 3.63) is 24.3 Å². The van der Waals surface area contributed by atoms with E-state index in [1.807, 2.05) is 45.0 Å². The second-order valence-corrected chi connectivity index (χ2v) is 4.96. The van der Waals surface area contributed by atoms with E-state index in [0.717, 1.165) is 10.9 Å². The molecule has 0 bridgehead atoms. The van der Waals surface area contributed by atoms with Crippen LogP contribution in [0.1, 0.15) is 20.8 Å². The molecular weight excluding hydrogens is 232 g/mol. The Kier molecular flexibility index (Phi) is 2.90. The lowest BCUT2D eigenvalue weighted by Gasteiger charge is -2.21. The molecule has 0 saturated heterocycles. The highest BCUT2D eigenvalue weighted by Crippen LogP contribution is 2.37. The lowest BCUT2D eigenvalue weighted by Crippen LogP contribution is -2.24. The number of aromatic amines is 1. The lowest BCUT2D eigenvalue weighted by molar-refractivity contribution is 0.127. The number of para-hydroxylation sites is 1. The van der Waals surface area contributed by atoms with Gasteiger partial charge < -0.3 is 20.2 Å². The standard InChI is InChI=1S/C13H16N2O3/c1-13(2,3)18-10-8-6-4-5-7-9(8)15-11(10)17-12(14)16/h4-7,15H,1-3H3,(H2,14,16). The summed E-state index contributed by atoms with van der Waals surface area (Å²) in [4.78, 5) is 13.9. The summed E-state index contributed by atoms with van der Waals surface area (Å²) in [5.74, 6) is 0.732. The van der Waals surface area contributed by atoms with Crippen LogP contribution in [0.15, 0.2) is 24.3 Å². The van der Waals surface area contributed by atoms with Gasteiger partial charge in [-0.2, -0.15) is 0 Å². The van der Waals surface area contributed by atoms with Crippen molar-refractivity contribution >= 4 is 17.0 Å². The molecule has 3 N–H and O–H groups in total. The Balaban J connectivity index is 2.54. The maximum atomic E-state index is 10.9. The van der Waals surface area contributed by atoms with Crippen LogP contribution >= 0.6 is 0 Å². The van der Waals surface area contributed by atoms with E-state index in [1.54, 1.807) is 0 Å². The van der Waals surface area contributed by atoms with Gasteiger partial charge in [-0.05, 0) is 32.9 Å². The van der Waals surface area contributed by atoms with E-state index in [-0.39, 0.29) is 5.88 Å². The average Bonchev–Trinajstić information content (AvgIpc) is 2.54. The smallest absolute Gasteiger partial charge is 0.411 e. The maximum Gasteiger partial charge on any atom is 0.411 e. The summed E-state index contributed by atoms with van der Waals surface area (Å²) in [6.07, 6.45) is -0.875. The first-order valence-corrected chi connectivity index (χ1v) is 5.64. The predicted molar refractivity (Wildman–Crippen MR) is 68.9 cm³/mol. The number of rotatable bonds is 2. The van der Waals surface area contributed by atoms with E-state index in [1.165, 1.54) is 0 Å². The molecule has 0 fully saturated rings. The molecule has 1 heterocycles. The number of carbonyl (C=O) groups is 1. The van der Waals surface area contributed by atoms with E-state index in [2.05, 4.69) is 4.98 Å². The Morgan fingerprint density at radius 3 is 2.56 bits per heavy atom. The molecule has 2 rings (SSSR count). The summed E-state index contributed by atoms with van der Waals surface area (Å²) < 4.78 is 10.8. The predicted octanol–water partition coefficient (Wildman–Crippen LogP) is 2.80.